The normalized spacial score (nSPS) is 21.9. The zero-order valence-corrected chi connectivity index (χ0v) is 11.2. The van der Waals surface area contributed by atoms with Crippen LogP contribution < -0.4 is 5.32 Å². The number of nitrogens with one attached hydrogen (secondary N) is 1. The summed E-state index contributed by atoms with van der Waals surface area (Å²) in [6.45, 7) is 5.54. The van der Waals surface area contributed by atoms with Gasteiger partial charge in [-0.1, -0.05) is 6.07 Å². The van der Waals surface area contributed by atoms with Gasteiger partial charge >= 0.3 is 6.09 Å². The average molecular weight is 269 g/mol. The van der Waals surface area contributed by atoms with Crippen molar-refractivity contribution >= 4 is 6.09 Å². The summed E-state index contributed by atoms with van der Waals surface area (Å²) >= 11 is 0. The minimum atomic E-state index is -0.607. The highest BCUT2D eigenvalue weighted by atomic mass is 19.1. The molecule has 0 aromatic heterocycles. The molecule has 19 heavy (non-hydrogen) atoms. The van der Waals surface area contributed by atoms with Gasteiger partial charge in [-0.3, -0.25) is 0 Å². The lowest BCUT2D eigenvalue weighted by molar-refractivity contribution is 0.128. The predicted molar refractivity (Wildman–Crippen MR) is 66.9 cm³/mol. The molecule has 0 bridgehead atoms. The molecule has 2 atom stereocenters. The maximum absolute atomic E-state index is 13.5. The van der Waals surface area contributed by atoms with Gasteiger partial charge in [0.15, 0.2) is 0 Å². The van der Waals surface area contributed by atoms with E-state index in [9.17, 15) is 13.6 Å². The lowest BCUT2D eigenvalue weighted by Gasteiger charge is -2.20. The fourth-order valence-electron chi connectivity index (χ4n) is 1.90. The molecule has 1 N–H and O–H groups in total. The number of alkyl carbamates (subject to hydrolysis) is 1. The van der Waals surface area contributed by atoms with Crippen molar-refractivity contribution in [3.63, 3.8) is 0 Å². The van der Waals surface area contributed by atoms with E-state index in [2.05, 4.69) is 5.32 Å². The molecule has 1 amide bonds. The zero-order valence-electron chi connectivity index (χ0n) is 11.2. The summed E-state index contributed by atoms with van der Waals surface area (Å²) in [4.78, 5) is 11.5. The smallest absolute Gasteiger partial charge is 0.407 e. The minimum absolute atomic E-state index is 0.175. The first-order chi connectivity index (χ1) is 8.76. The Morgan fingerprint density at radius 2 is 2.05 bits per heavy atom. The number of amides is 1. The number of carbonyl (C=O) groups excluding carboxylic acids is 1. The highest BCUT2D eigenvalue weighted by Gasteiger charge is 2.43. The van der Waals surface area contributed by atoms with Crippen molar-refractivity contribution in [3.05, 3.63) is 35.4 Å². The fourth-order valence-corrected chi connectivity index (χ4v) is 1.90. The van der Waals surface area contributed by atoms with Gasteiger partial charge in [-0.15, -0.1) is 0 Å². The molecule has 3 nitrogen and oxygen atoms in total. The number of hydrogen-bond donors (Lipinski definition) is 1. The molecule has 1 aliphatic carbocycles. The largest absolute Gasteiger partial charge is 0.446 e. The Hall–Kier alpha value is -1.65. The van der Waals surface area contributed by atoms with Gasteiger partial charge in [0, 0.05) is 17.5 Å². The summed E-state index contributed by atoms with van der Waals surface area (Å²) in [6.07, 6.45) is -0.273. The molecule has 1 aromatic rings. The second kappa shape index (κ2) is 4.79. The van der Waals surface area contributed by atoms with Crippen LogP contribution in [0.5, 0.6) is 0 Å². The molecule has 104 valence electrons. The highest BCUT2D eigenvalue weighted by molar-refractivity contribution is 5.68. The van der Waals surface area contributed by atoms with Crippen molar-refractivity contribution in [2.45, 2.75) is 44.8 Å². The average Bonchev–Trinajstić information content (AvgIpc) is 2.93. The third kappa shape index (κ3) is 3.66. The first kappa shape index (κ1) is 13.8. The van der Waals surface area contributed by atoms with Gasteiger partial charge in [-0.25, -0.2) is 13.6 Å². The molecule has 0 saturated heterocycles. The monoisotopic (exact) mass is 269 g/mol. The second-order valence-electron chi connectivity index (χ2n) is 5.83. The van der Waals surface area contributed by atoms with Gasteiger partial charge in [-0.05, 0) is 38.8 Å². The van der Waals surface area contributed by atoms with E-state index >= 15 is 0 Å². The van der Waals surface area contributed by atoms with Gasteiger partial charge < -0.3 is 10.1 Å². The quantitative estimate of drug-likeness (QED) is 0.894. The Bertz CT molecular complexity index is 497. The Morgan fingerprint density at radius 1 is 1.37 bits per heavy atom. The van der Waals surface area contributed by atoms with Crippen LogP contribution in [-0.4, -0.2) is 17.7 Å². The van der Waals surface area contributed by atoms with Crippen molar-refractivity contribution in [2.75, 3.05) is 0 Å². The molecule has 1 saturated carbocycles. The molecule has 0 spiro atoms. The maximum atomic E-state index is 13.5. The lowest BCUT2D eigenvalue weighted by Crippen LogP contribution is -2.41. The van der Waals surface area contributed by atoms with Crippen LogP contribution in [0.4, 0.5) is 13.6 Å². The van der Waals surface area contributed by atoms with E-state index in [1.807, 2.05) is 20.8 Å². The van der Waals surface area contributed by atoms with Crippen LogP contribution in [0.2, 0.25) is 0 Å². The summed E-state index contributed by atoms with van der Waals surface area (Å²) in [5.41, 5.74) is 0.0257. The Balaban J connectivity index is 1.92. The van der Waals surface area contributed by atoms with E-state index in [1.165, 1.54) is 12.1 Å². The molecular formula is C14H17F2NO2. The molecule has 0 radical (unpaired) electrons. The number of ether oxygens (including phenoxy) is 1. The van der Waals surface area contributed by atoms with Crippen molar-refractivity contribution in [3.8, 4) is 0 Å². The number of benzene rings is 1. The molecule has 2 rings (SSSR count). The molecule has 0 heterocycles. The molecule has 5 heteroatoms. The second-order valence-corrected chi connectivity index (χ2v) is 5.83. The first-order valence-corrected chi connectivity index (χ1v) is 6.20. The summed E-state index contributed by atoms with van der Waals surface area (Å²) < 4.78 is 31.5. The molecule has 1 aliphatic rings. The molecule has 0 aliphatic heterocycles. The molecule has 1 fully saturated rings. The molecule has 2 unspecified atom stereocenters. The van der Waals surface area contributed by atoms with Crippen LogP contribution in [0.3, 0.4) is 0 Å². The third-order valence-electron chi connectivity index (χ3n) is 2.83. The topological polar surface area (TPSA) is 38.3 Å². The standard InChI is InChI=1S/C14H17F2NO2/c1-14(2,3)17-13(18)19-12-7-10(12)9-5-4-8(15)6-11(9)16/h4-6,10,12H,7H2,1-3H3,(H,17,18). The van der Waals surface area contributed by atoms with Gasteiger partial charge in [-0.2, -0.15) is 0 Å². The van der Waals surface area contributed by atoms with Gasteiger partial charge in [0.25, 0.3) is 0 Å². The van der Waals surface area contributed by atoms with Gasteiger partial charge in [0.05, 0.1) is 0 Å². The van der Waals surface area contributed by atoms with E-state index in [0.717, 1.165) is 6.07 Å². The van der Waals surface area contributed by atoms with Crippen LogP contribution in [0.1, 0.15) is 38.7 Å². The predicted octanol–water partition coefficient (Wildman–Crippen LogP) is 3.35. The van der Waals surface area contributed by atoms with Gasteiger partial charge in [0.2, 0.25) is 0 Å². The SMILES string of the molecule is CC(C)(C)NC(=O)OC1CC1c1ccc(F)cc1F. The summed E-state index contributed by atoms with van der Waals surface area (Å²) in [7, 11) is 0. The van der Waals surface area contributed by atoms with E-state index < -0.39 is 17.7 Å². The summed E-state index contributed by atoms with van der Waals surface area (Å²) in [5.74, 6) is -1.37. The van der Waals surface area contributed by atoms with Crippen molar-refractivity contribution in [1.82, 2.24) is 5.32 Å². The van der Waals surface area contributed by atoms with E-state index in [4.69, 9.17) is 4.74 Å². The van der Waals surface area contributed by atoms with Gasteiger partial charge in [0.1, 0.15) is 17.7 Å². The fraction of sp³-hybridized carbons (Fsp3) is 0.500. The Labute approximate surface area is 111 Å². The van der Waals surface area contributed by atoms with Crippen molar-refractivity contribution in [1.29, 1.82) is 0 Å². The number of halogens is 2. The van der Waals surface area contributed by atoms with Crippen molar-refractivity contribution in [2.24, 2.45) is 0 Å². The van der Waals surface area contributed by atoms with E-state index in [1.54, 1.807) is 0 Å². The number of carbonyl (C=O) groups is 1. The number of hydrogen-bond acceptors (Lipinski definition) is 2. The zero-order chi connectivity index (χ0) is 14.2. The Kier molecular flexibility index (Phi) is 3.47. The maximum Gasteiger partial charge on any atom is 0.407 e. The van der Waals surface area contributed by atoms with Crippen LogP contribution in [0, 0.1) is 11.6 Å². The summed E-state index contributed by atoms with van der Waals surface area (Å²) in [6, 6.07) is 3.46. The Morgan fingerprint density at radius 3 is 2.63 bits per heavy atom. The van der Waals surface area contributed by atoms with Crippen molar-refractivity contribution < 1.29 is 18.3 Å². The third-order valence-corrected chi connectivity index (χ3v) is 2.83. The van der Waals surface area contributed by atoms with E-state index in [-0.39, 0.29) is 17.6 Å². The first-order valence-electron chi connectivity index (χ1n) is 6.20. The molecule has 1 aromatic carbocycles. The minimum Gasteiger partial charge on any atom is -0.446 e. The number of rotatable bonds is 2. The lowest BCUT2D eigenvalue weighted by atomic mass is 10.1. The van der Waals surface area contributed by atoms with Crippen LogP contribution in [0.15, 0.2) is 18.2 Å². The van der Waals surface area contributed by atoms with Crippen LogP contribution >= 0.6 is 0 Å². The highest BCUT2D eigenvalue weighted by Crippen LogP contribution is 2.44. The molecular weight excluding hydrogens is 252 g/mol. The van der Waals surface area contributed by atoms with E-state index in [0.29, 0.717) is 12.0 Å². The van der Waals surface area contributed by atoms with Crippen LogP contribution in [-0.2, 0) is 4.74 Å². The van der Waals surface area contributed by atoms with Crippen LogP contribution in [0.25, 0.3) is 0 Å². The summed E-state index contributed by atoms with van der Waals surface area (Å²) in [5, 5.41) is 2.67.